The van der Waals surface area contributed by atoms with E-state index in [1.807, 2.05) is 0 Å². The van der Waals surface area contributed by atoms with Gasteiger partial charge in [0.1, 0.15) is 17.8 Å². The number of benzene rings is 1. The molecule has 0 aliphatic heterocycles. The van der Waals surface area contributed by atoms with Gasteiger partial charge in [-0.25, -0.2) is 14.4 Å². The maximum absolute atomic E-state index is 12.7. The normalized spacial score (nSPS) is 11.2. The van der Waals surface area contributed by atoms with Gasteiger partial charge in [0.15, 0.2) is 5.96 Å². The van der Waals surface area contributed by atoms with E-state index in [0.717, 1.165) is 11.8 Å². The second kappa shape index (κ2) is 6.42. The minimum Gasteiger partial charge on any atom is -0.370 e. The molecule has 2 rings (SSSR count). The van der Waals surface area contributed by atoms with E-state index < -0.39 is 4.92 Å². The fourth-order valence-corrected chi connectivity index (χ4v) is 1.51. The van der Waals surface area contributed by atoms with Crippen molar-refractivity contribution in [2.24, 2.45) is 10.7 Å². The Morgan fingerprint density at radius 3 is 2.62 bits per heavy atom. The van der Waals surface area contributed by atoms with Gasteiger partial charge in [0.05, 0.1) is 11.5 Å². The first kappa shape index (κ1) is 14.4. The third kappa shape index (κ3) is 4.23. The summed E-state index contributed by atoms with van der Waals surface area (Å²) in [5.41, 5.74) is 6.37. The SMILES string of the molecule is NC(=NCc1ccc(F)cc1)Nc1ccc([N+](=O)[O-])cn1. The number of aromatic nitrogens is 1. The average molecular weight is 289 g/mol. The van der Waals surface area contributed by atoms with E-state index in [1.54, 1.807) is 12.1 Å². The summed E-state index contributed by atoms with van der Waals surface area (Å²) >= 11 is 0. The fraction of sp³-hybridized carbons (Fsp3) is 0.0769. The van der Waals surface area contributed by atoms with Crippen molar-refractivity contribution < 1.29 is 9.31 Å². The molecule has 0 aliphatic rings. The first-order valence-electron chi connectivity index (χ1n) is 5.96. The molecule has 0 amide bonds. The van der Waals surface area contributed by atoms with Gasteiger partial charge in [0.2, 0.25) is 0 Å². The third-order valence-corrected chi connectivity index (χ3v) is 2.56. The molecule has 0 unspecified atom stereocenters. The fourth-order valence-electron chi connectivity index (χ4n) is 1.51. The van der Waals surface area contributed by atoms with Crippen molar-refractivity contribution in [1.29, 1.82) is 0 Å². The Hall–Kier alpha value is -3.03. The molecule has 0 saturated heterocycles. The molecular weight excluding hydrogens is 277 g/mol. The topological polar surface area (TPSA) is 106 Å². The number of anilines is 1. The average Bonchev–Trinajstić information content (AvgIpc) is 2.47. The van der Waals surface area contributed by atoms with E-state index in [1.165, 1.54) is 24.3 Å². The lowest BCUT2D eigenvalue weighted by Gasteiger charge is -2.04. The summed E-state index contributed by atoms with van der Waals surface area (Å²) in [4.78, 5) is 17.9. The quantitative estimate of drug-likeness (QED) is 0.388. The van der Waals surface area contributed by atoms with E-state index >= 15 is 0 Å². The van der Waals surface area contributed by atoms with Crippen molar-refractivity contribution in [1.82, 2.24) is 4.98 Å². The number of pyridine rings is 1. The van der Waals surface area contributed by atoms with Gasteiger partial charge < -0.3 is 11.1 Å². The van der Waals surface area contributed by atoms with Crippen LogP contribution in [0.1, 0.15) is 5.56 Å². The summed E-state index contributed by atoms with van der Waals surface area (Å²) in [6.45, 7) is 0.284. The van der Waals surface area contributed by atoms with E-state index in [-0.39, 0.29) is 24.0 Å². The molecule has 7 nitrogen and oxygen atoms in total. The molecule has 0 bridgehead atoms. The molecule has 0 atom stereocenters. The molecule has 21 heavy (non-hydrogen) atoms. The second-order valence-electron chi connectivity index (χ2n) is 4.11. The summed E-state index contributed by atoms with van der Waals surface area (Å²) in [6, 6.07) is 8.63. The smallest absolute Gasteiger partial charge is 0.287 e. The standard InChI is InChI=1S/C13H12FN5O2/c14-10-3-1-9(2-4-10)7-17-13(15)18-12-6-5-11(8-16-12)19(20)21/h1-6,8H,7H2,(H3,15,16,17,18). The lowest BCUT2D eigenvalue weighted by molar-refractivity contribution is -0.385. The van der Waals surface area contributed by atoms with Crippen LogP contribution in [-0.2, 0) is 6.54 Å². The zero-order valence-corrected chi connectivity index (χ0v) is 10.9. The minimum absolute atomic E-state index is 0.109. The molecule has 0 saturated carbocycles. The number of rotatable bonds is 4. The van der Waals surface area contributed by atoms with Crippen molar-refractivity contribution in [3.8, 4) is 0 Å². The van der Waals surface area contributed by atoms with Gasteiger partial charge in [-0.2, -0.15) is 0 Å². The van der Waals surface area contributed by atoms with E-state index in [9.17, 15) is 14.5 Å². The molecule has 108 valence electrons. The predicted octanol–water partition coefficient (Wildman–Crippen LogP) is 2.06. The van der Waals surface area contributed by atoms with Crippen molar-refractivity contribution in [2.45, 2.75) is 6.54 Å². The zero-order chi connectivity index (χ0) is 15.2. The van der Waals surface area contributed by atoms with Crippen molar-refractivity contribution in [3.63, 3.8) is 0 Å². The third-order valence-electron chi connectivity index (χ3n) is 2.56. The Labute approximate surface area is 119 Å². The van der Waals surface area contributed by atoms with Crippen LogP contribution in [0.15, 0.2) is 47.6 Å². The van der Waals surface area contributed by atoms with E-state index in [0.29, 0.717) is 5.82 Å². The van der Waals surface area contributed by atoms with Crippen molar-refractivity contribution in [3.05, 3.63) is 64.1 Å². The van der Waals surface area contributed by atoms with Crippen LogP contribution in [0.5, 0.6) is 0 Å². The lowest BCUT2D eigenvalue weighted by atomic mass is 10.2. The monoisotopic (exact) mass is 289 g/mol. The Bertz CT molecular complexity index is 655. The van der Waals surface area contributed by atoms with Gasteiger partial charge in [0.25, 0.3) is 5.69 Å². The molecule has 0 fully saturated rings. The van der Waals surface area contributed by atoms with Crippen LogP contribution in [0, 0.1) is 15.9 Å². The summed E-state index contributed by atoms with van der Waals surface area (Å²) in [5, 5.41) is 13.2. The summed E-state index contributed by atoms with van der Waals surface area (Å²) in [6.07, 6.45) is 1.12. The van der Waals surface area contributed by atoms with E-state index in [2.05, 4.69) is 15.3 Å². The number of nitrogens with zero attached hydrogens (tertiary/aromatic N) is 3. The molecule has 0 aliphatic carbocycles. The largest absolute Gasteiger partial charge is 0.370 e. The molecule has 8 heteroatoms. The Morgan fingerprint density at radius 2 is 2.05 bits per heavy atom. The molecule has 1 aromatic carbocycles. The highest BCUT2D eigenvalue weighted by atomic mass is 19.1. The predicted molar refractivity (Wildman–Crippen MR) is 76.2 cm³/mol. The summed E-state index contributed by atoms with van der Waals surface area (Å²) in [7, 11) is 0. The first-order chi connectivity index (χ1) is 10.0. The molecular formula is C13H12FN5O2. The van der Waals surface area contributed by atoms with E-state index in [4.69, 9.17) is 5.73 Å². The van der Waals surface area contributed by atoms with Gasteiger partial charge in [0, 0.05) is 6.07 Å². The van der Waals surface area contributed by atoms with Crippen molar-refractivity contribution >= 4 is 17.5 Å². The minimum atomic E-state index is -0.539. The van der Waals surface area contributed by atoms with Crippen LogP contribution in [0.25, 0.3) is 0 Å². The van der Waals surface area contributed by atoms with Crippen LogP contribution >= 0.6 is 0 Å². The Kier molecular flexibility index (Phi) is 4.39. The highest BCUT2D eigenvalue weighted by Gasteiger charge is 2.05. The maximum atomic E-state index is 12.7. The number of halogens is 1. The molecule has 0 radical (unpaired) electrons. The van der Waals surface area contributed by atoms with Crippen LogP contribution < -0.4 is 11.1 Å². The highest BCUT2D eigenvalue weighted by molar-refractivity contribution is 5.91. The maximum Gasteiger partial charge on any atom is 0.287 e. The number of aliphatic imine (C=N–C) groups is 1. The van der Waals surface area contributed by atoms with Crippen molar-refractivity contribution in [2.75, 3.05) is 5.32 Å². The molecule has 2 aromatic rings. The number of nitro groups is 1. The number of guanidine groups is 1. The number of hydrogen-bond acceptors (Lipinski definition) is 4. The van der Waals surface area contributed by atoms with Gasteiger partial charge >= 0.3 is 0 Å². The molecule has 3 N–H and O–H groups in total. The number of hydrogen-bond donors (Lipinski definition) is 2. The van der Waals surface area contributed by atoms with Crippen LogP contribution in [-0.4, -0.2) is 15.9 Å². The zero-order valence-electron chi connectivity index (χ0n) is 10.9. The number of nitrogens with one attached hydrogen (secondary N) is 1. The summed E-state index contributed by atoms with van der Waals surface area (Å²) in [5.74, 6) is 0.144. The van der Waals surface area contributed by atoms with Gasteiger partial charge in [-0.1, -0.05) is 12.1 Å². The van der Waals surface area contributed by atoms with Gasteiger partial charge in [-0.15, -0.1) is 0 Å². The Balaban J connectivity index is 1.96. The molecule has 1 aromatic heterocycles. The Morgan fingerprint density at radius 1 is 1.33 bits per heavy atom. The van der Waals surface area contributed by atoms with Crippen LogP contribution in [0.2, 0.25) is 0 Å². The van der Waals surface area contributed by atoms with Crippen LogP contribution in [0.3, 0.4) is 0 Å². The van der Waals surface area contributed by atoms with Gasteiger partial charge in [-0.05, 0) is 23.8 Å². The second-order valence-corrected chi connectivity index (χ2v) is 4.11. The van der Waals surface area contributed by atoms with Crippen LogP contribution in [0.4, 0.5) is 15.9 Å². The molecule has 0 spiro atoms. The molecule has 1 heterocycles. The highest BCUT2D eigenvalue weighted by Crippen LogP contribution is 2.11. The number of nitrogens with two attached hydrogens (primary N) is 1. The van der Waals surface area contributed by atoms with Gasteiger partial charge in [-0.3, -0.25) is 10.1 Å². The first-order valence-corrected chi connectivity index (χ1v) is 5.96. The lowest BCUT2D eigenvalue weighted by Crippen LogP contribution is -2.23. The summed E-state index contributed by atoms with van der Waals surface area (Å²) < 4.78 is 12.7.